The maximum atomic E-state index is 11.8. The van der Waals surface area contributed by atoms with Crippen molar-refractivity contribution in [2.24, 2.45) is 5.92 Å². The Morgan fingerprint density at radius 3 is 3.18 bits per heavy atom. The predicted molar refractivity (Wildman–Crippen MR) is 68.2 cm³/mol. The first kappa shape index (κ1) is 12.5. The third kappa shape index (κ3) is 3.79. The number of halogens is 1. The van der Waals surface area contributed by atoms with Crippen molar-refractivity contribution in [3.63, 3.8) is 0 Å². The number of pyridine rings is 1. The van der Waals surface area contributed by atoms with Crippen LogP contribution < -0.4 is 5.32 Å². The fourth-order valence-corrected chi connectivity index (χ4v) is 2.36. The van der Waals surface area contributed by atoms with Crippen molar-refractivity contribution in [3.8, 4) is 0 Å². The number of nitrogens with one attached hydrogen (secondary N) is 1. The van der Waals surface area contributed by atoms with E-state index in [4.69, 9.17) is 11.6 Å². The van der Waals surface area contributed by atoms with Gasteiger partial charge < -0.3 is 5.32 Å². The van der Waals surface area contributed by atoms with E-state index in [1.165, 1.54) is 6.42 Å². The van der Waals surface area contributed by atoms with Gasteiger partial charge in [0.05, 0.1) is 5.02 Å². The average Bonchev–Trinajstić information content (AvgIpc) is 2.82. The second-order valence-electron chi connectivity index (χ2n) is 4.58. The Bertz CT molecular complexity index is 389. The Balaban J connectivity index is 1.79. The van der Waals surface area contributed by atoms with Gasteiger partial charge in [-0.05, 0) is 43.5 Å². The number of Topliss-reactive ketones (excluding diaryl/α,β-unsaturated/α-hetero) is 1. The first-order chi connectivity index (χ1) is 8.25. The molecule has 1 atom stereocenters. The Morgan fingerprint density at radius 2 is 2.47 bits per heavy atom. The molecule has 1 fully saturated rings. The summed E-state index contributed by atoms with van der Waals surface area (Å²) in [4.78, 5) is 15.7. The maximum absolute atomic E-state index is 11.8. The number of carbonyl (C=O) groups excluding carboxylic acids is 1. The van der Waals surface area contributed by atoms with Crippen LogP contribution >= 0.6 is 11.6 Å². The molecule has 0 amide bonds. The second-order valence-corrected chi connectivity index (χ2v) is 4.99. The highest BCUT2D eigenvalue weighted by molar-refractivity contribution is 6.31. The van der Waals surface area contributed by atoms with Crippen LogP contribution in [-0.2, 0) is 11.2 Å². The van der Waals surface area contributed by atoms with Crippen LogP contribution in [0.5, 0.6) is 0 Å². The molecular formula is C13H17ClN2O. The van der Waals surface area contributed by atoms with E-state index in [1.807, 2.05) is 6.07 Å². The second kappa shape index (κ2) is 6.12. The minimum atomic E-state index is 0.269. The quantitative estimate of drug-likeness (QED) is 0.874. The van der Waals surface area contributed by atoms with E-state index in [0.717, 1.165) is 25.1 Å². The minimum Gasteiger partial charge on any atom is -0.316 e. The fraction of sp³-hybridized carbons (Fsp3) is 0.538. The highest BCUT2D eigenvalue weighted by Crippen LogP contribution is 2.18. The van der Waals surface area contributed by atoms with Gasteiger partial charge >= 0.3 is 0 Å². The van der Waals surface area contributed by atoms with Crippen LogP contribution in [0.15, 0.2) is 18.5 Å². The van der Waals surface area contributed by atoms with Gasteiger partial charge in [0, 0.05) is 25.2 Å². The van der Waals surface area contributed by atoms with Crippen molar-refractivity contribution in [3.05, 3.63) is 29.0 Å². The Labute approximate surface area is 107 Å². The van der Waals surface area contributed by atoms with Crippen LogP contribution in [0.3, 0.4) is 0 Å². The van der Waals surface area contributed by atoms with Gasteiger partial charge in [-0.3, -0.25) is 9.78 Å². The molecule has 2 heterocycles. The summed E-state index contributed by atoms with van der Waals surface area (Å²) in [7, 11) is 0. The summed E-state index contributed by atoms with van der Waals surface area (Å²) in [5.74, 6) is 0.942. The van der Waals surface area contributed by atoms with Gasteiger partial charge in [0.25, 0.3) is 0 Å². The van der Waals surface area contributed by atoms with Crippen LogP contribution in [0.4, 0.5) is 0 Å². The lowest BCUT2D eigenvalue weighted by atomic mass is 9.98. The SMILES string of the molecule is O=C(CCC1CCNC1)Cc1ccncc1Cl. The number of ketones is 1. The van der Waals surface area contributed by atoms with Crippen LogP contribution in [0.1, 0.15) is 24.8 Å². The zero-order valence-electron chi connectivity index (χ0n) is 9.79. The number of aromatic nitrogens is 1. The zero-order valence-corrected chi connectivity index (χ0v) is 10.5. The molecule has 4 heteroatoms. The minimum absolute atomic E-state index is 0.269. The molecule has 92 valence electrons. The van der Waals surface area contributed by atoms with Crippen molar-refractivity contribution in [2.45, 2.75) is 25.7 Å². The smallest absolute Gasteiger partial charge is 0.137 e. The molecule has 1 saturated heterocycles. The molecule has 0 aromatic carbocycles. The standard InChI is InChI=1S/C13H17ClN2O/c14-13-9-16-6-4-11(13)7-12(17)2-1-10-3-5-15-8-10/h4,6,9-10,15H,1-3,5,7-8H2. The van der Waals surface area contributed by atoms with Crippen molar-refractivity contribution < 1.29 is 4.79 Å². The molecule has 1 aromatic heterocycles. The van der Waals surface area contributed by atoms with E-state index in [1.54, 1.807) is 12.4 Å². The number of carbonyl (C=O) groups is 1. The lowest BCUT2D eigenvalue weighted by Gasteiger charge is -2.07. The molecule has 0 saturated carbocycles. The monoisotopic (exact) mass is 252 g/mol. The van der Waals surface area contributed by atoms with Crippen LogP contribution in [-0.4, -0.2) is 23.9 Å². The summed E-state index contributed by atoms with van der Waals surface area (Å²) in [6, 6.07) is 1.82. The molecule has 3 nitrogen and oxygen atoms in total. The fourth-order valence-electron chi connectivity index (χ4n) is 2.17. The third-order valence-electron chi connectivity index (χ3n) is 3.24. The molecule has 1 aromatic rings. The van der Waals surface area contributed by atoms with Gasteiger partial charge in [-0.1, -0.05) is 11.6 Å². The van der Waals surface area contributed by atoms with Crippen LogP contribution in [0.25, 0.3) is 0 Å². The number of rotatable bonds is 5. The van der Waals surface area contributed by atoms with E-state index in [0.29, 0.717) is 23.8 Å². The molecular weight excluding hydrogens is 236 g/mol. The average molecular weight is 253 g/mol. The first-order valence-electron chi connectivity index (χ1n) is 6.06. The van der Waals surface area contributed by atoms with Gasteiger partial charge in [-0.15, -0.1) is 0 Å². The van der Waals surface area contributed by atoms with Gasteiger partial charge in [0.1, 0.15) is 5.78 Å². The molecule has 1 aliphatic heterocycles. The third-order valence-corrected chi connectivity index (χ3v) is 3.58. The lowest BCUT2D eigenvalue weighted by molar-refractivity contribution is -0.118. The van der Waals surface area contributed by atoms with Gasteiger partial charge in [0.2, 0.25) is 0 Å². The van der Waals surface area contributed by atoms with Gasteiger partial charge in [-0.2, -0.15) is 0 Å². The lowest BCUT2D eigenvalue weighted by Crippen LogP contribution is -2.11. The molecule has 0 radical (unpaired) electrons. The molecule has 0 bridgehead atoms. The first-order valence-corrected chi connectivity index (χ1v) is 6.44. The molecule has 17 heavy (non-hydrogen) atoms. The van der Waals surface area contributed by atoms with E-state index < -0.39 is 0 Å². The van der Waals surface area contributed by atoms with E-state index in [-0.39, 0.29) is 5.78 Å². The summed E-state index contributed by atoms with van der Waals surface area (Å²) < 4.78 is 0. The maximum Gasteiger partial charge on any atom is 0.137 e. The van der Waals surface area contributed by atoms with Crippen molar-refractivity contribution in [1.29, 1.82) is 0 Å². The van der Waals surface area contributed by atoms with E-state index in [2.05, 4.69) is 10.3 Å². The highest BCUT2D eigenvalue weighted by Gasteiger charge is 2.16. The summed E-state index contributed by atoms with van der Waals surface area (Å²) >= 11 is 5.97. The molecule has 1 aliphatic rings. The summed E-state index contributed by atoms with van der Waals surface area (Å²) in [5, 5.41) is 3.90. The number of hydrogen-bond donors (Lipinski definition) is 1. The largest absolute Gasteiger partial charge is 0.316 e. The van der Waals surface area contributed by atoms with Crippen molar-refractivity contribution >= 4 is 17.4 Å². The predicted octanol–water partition coefficient (Wildman–Crippen LogP) is 2.24. The van der Waals surface area contributed by atoms with E-state index >= 15 is 0 Å². The molecule has 1 unspecified atom stereocenters. The zero-order chi connectivity index (χ0) is 12.1. The molecule has 2 rings (SSSR count). The van der Waals surface area contributed by atoms with E-state index in [9.17, 15) is 4.79 Å². The summed E-state index contributed by atoms with van der Waals surface area (Å²) in [5.41, 5.74) is 0.885. The topological polar surface area (TPSA) is 42.0 Å². The summed E-state index contributed by atoms with van der Waals surface area (Å²) in [6.07, 6.45) is 6.55. The van der Waals surface area contributed by atoms with Crippen LogP contribution in [0, 0.1) is 5.92 Å². The summed E-state index contributed by atoms with van der Waals surface area (Å²) in [6.45, 7) is 2.15. The number of nitrogens with zero attached hydrogens (tertiary/aromatic N) is 1. The molecule has 0 spiro atoms. The van der Waals surface area contributed by atoms with Crippen molar-refractivity contribution in [1.82, 2.24) is 10.3 Å². The Hall–Kier alpha value is -0.930. The number of hydrogen-bond acceptors (Lipinski definition) is 3. The van der Waals surface area contributed by atoms with Crippen molar-refractivity contribution in [2.75, 3.05) is 13.1 Å². The molecule has 1 N–H and O–H groups in total. The van der Waals surface area contributed by atoms with Gasteiger partial charge in [-0.25, -0.2) is 0 Å². The Kier molecular flexibility index (Phi) is 4.51. The van der Waals surface area contributed by atoms with Crippen LogP contribution in [0.2, 0.25) is 5.02 Å². The Morgan fingerprint density at radius 1 is 1.59 bits per heavy atom. The normalized spacial score (nSPS) is 19.5. The van der Waals surface area contributed by atoms with Gasteiger partial charge in [0.15, 0.2) is 0 Å². The molecule has 0 aliphatic carbocycles. The highest BCUT2D eigenvalue weighted by atomic mass is 35.5.